The summed E-state index contributed by atoms with van der Waals surface area (Å²) in [5.41, 5.74) is 0.503. The third-order valence-electron chi connectivity index (χ3n) is 5.35. The van der Waals surface area contributed by atoms with Crippen LogP contribution in [-0.4, -0.2) is 67.8 Å². The van der Waals surface area contributed by atoms with Crippen LogP contribution in [0.15, 0.2) is 40.7 Å². The maximum absolute atomic E-state index is 13.3. The largest absolute Gasteiger partial charge is 0.308 e. The van der Waals surface area contributed by atoms with Crippen molar-refractivity contribution < 1.29 is 8.42 Å². The van der Waals surface area contributed by atoms with Gasteiger partial charge in [-0.05, 0) is 32.1 Å². The van der Waals surface area contributed by atoms with Crippen molar-refractivity contribution in [3.05, 3.63) is 46.4 Å². The van der Waals surface area contributed by atoms with Crippen molar-refractivity contribution in [1.29, 1.82) is 0 Å². The van der Waals surface area contributed by atoms with Crippen molar-refractivity contribution in [3.63, 3.8) is 0 Å². The fraction of sp³-hybridized carbons (Fsp3) is 0.500. The zero-order chi connectivity index (χ0) is 18.4. The number of rotatable bonds is 5. The van der Waals surface area contributed by atoms with Crippen LogP contribution in [0.3, 0.4) is 0 Å². The van der Waals surface area contributed by atoms with Gasteiger partial charge in [-0.15, -0.1) is 11.3 Å². The van der Waals surface area contributed by atoms with Crippen LogP contribution >= 0.6 is 11.3 Å². The van der Waals surface area contributed by atoms with Gasteiger partial charge in [0.15, 0.2) is 0 Å². The van der Waals surface area contributed by atoms with Gasteiger partial charge >= 0.3 is 0 Å². The number of nitrogens with zero attached hydrogens (tertiary/aromatic N) is 4. The SMILES string of the molecule is CN(C)CCN1C2(CCN(Cc3nccs3)C2)c2ccccc2S1(=O)=O. The van der Waals surface area contributed by atoms with Crippen LogP contribution in [0.1, 0.15) is 17.0 Å². The molecule has 1 aromatic heterocycles. The molecule has 0 saturated carbocycles. The van der Waals surface area contributed by atoms with E-state index >= 15 is 0 Å². The Balaban J connectivity index is 1.69. The molecule has 26 heavy (non-hydrogen) atoms. The molecule has 140 valence electrons. The molecule has 1 unspecified atom stereocenters. The molecule has 0 N–H and O–H groups in total. The molecule has 2 aromatic rings. The van der Waals surface area contributed by atoms with Gasteiger partial charge in [-0.1, -0.05) is 18.2 Å². The van der Waals surface area contributed by atoms with E-state index in [0.717, 1.165) is 36.6 Å². The summed E-state index contributed by atoms with van der Waals surface area (Å²) in [4.78, 5) is 9.23. The van der Waals surface area contributed by atoms with Crippen LogP contribution in [0.5, 0.6) is 0 Å². The summed E-state index contributed by atoms with van der Waals surface area (Å²) >= 11 is 1.65. The lowest BCUT2D eigenvalue weighted by molar-refractivity contribution is 0.178. The first-order chi connectivity index (χ1) is 12.4. The molecule has 0 aliphatic carbocycles. The van der Waals surface area contributed by atoms with Crippen molar-refractivity contribution >= 4 is 21.4 Å². The van der Waals surface area contributed by atoms with E-state index in [-0.39, 0.29) is 0 Å². The van der Waals surface area contributed by atoms with E-state index in [1.54, 1.807) is 21.7 Å². The molecule has 8 heteroatoms. The van der Waals surface area contributed by atoms with Crippen LogP contribution < -0.4 is 0 Å². The number of sulfonamides is 1. The molecule has 0 amide bonds. The zero-order valence-corrected chi connectivity index (χ0v) is 16.8. The monoisotopic (exact) mass is 392 g/mol. The number of aromatic nitrogens is 1. The van der Waals surface area contributed by atoms with Crippen LogP contribution in [0.25, 0.3) is 0 Å². The number of hydrogen-bond donors (Lipinski definition) is 0. The minimum absolute atomic E-state index is 0.456. The first-order valence-electron chi connectivity index (χ1n) is 8.81. The van der Waals surface area contributed by atoms with Crippen LogP contribution in [0.2, 0.25) is 0 Å². The fourth-order valence-electron chi connectivity index (χ4n) is 4.14. The van der Waals surface area contributed by atoms with Crippen molar-refractivity contribution in [1.82, 2.24) is 19.1 Å². The standard InChI is InChI=1S/C18H24N4O2S2/c1-20(2)10-11-22-18(15-5-3-4-6-16(15)26(22,23)24)7-9-21(14-18)13-17-19-8-12-25-17/h3-6,8,12H,7,9-11,13-14H2,1-2H3. The second-order valence-electron chi connectivity index (χ2n) is 7.29. The normalized spacial score (nSPS) is 25.3. The smallest absolute Gasteiger partial charge is 0.244 e. The molecule has 6 nitrogen and oxygen atoms in total. The quantitative estimate of drug-likeness (QED) is 0.777. The lowest BCUT2D eigenvalue weighted by Gasteiger charge is -2.34. The number of thiazole rings is 1. The third kappa shape index (κ3) is 2.90. The maximum Gasteiger partial charge on any atom is 0.244 e. The zero-order valence-electron chi connectivity index (χ0n) is 15.1. The first kappa shape index (κ1) is 18.1. The van der Waals surface area contributed by atoms with Crippen LogP contribution in [0, 0.1) is 0 Å². The lowest BCUT2D eigenvalue weighted by atomic mass is 9.89. The third-order valence-corrected chi connectivity index (χ3v) is 8.14. The Bertz CT molecular complexity index is 882. The molecule has 4 rings (SSSR count). The molecule has 1 atom stereocenters. The number of likely N-dealkylation sites (tertiary alicyclic amines) is 1. The minimum atomic E-state index is -3.45. The van der Waals surface area contributed by atoms with Gasteiger partial charge in [-0.3, -0.25) is 4.90 Å². The molecule has 2 aliphatic heterocycles. The van der Waals surface area contributed by atoms with Crippen molar-refractivity contribution in [2.45, 2.75) is 23.4 Å². The Labute approximate surface area is 159 Å². The van der Waals surface area contributed by atoms with Gasteiger partial charge in [-0.25, -0.2) is 13.4 Å². The van der Waals surface area contributed by atoms with Gasteiger partial charge in [0.05, 0.1) is 17.0 Å². The van der Waals surface area contributed by atoms with Gasteiger partial charge in [0.2, 0.25) is 10.0 Å². The van der Waals surface area contributed by atoms with E-state index in [4.69, 9.17) is 0 Å². The van der Waals surface area contributed by atoms with E-state index in [9.17, 15) is 8.42 Å². The van der Waals surface area contributed by atoms with E-state index in [1.165, 1.54) is 0 Å². The van der Waals surface area contributed by atoms with Crippen molar-refractivity contribution in [3.8, 4) is 0 Å². The highest BCUT2D eigenvalue weighted by molar-refractivity contribution is 7.89. The molecule has 2 aliphatic rings. The molecule has 1 aromatic carbocycles. The predicted octanol–water partition coefficient (Wildman–Crippen LogP) is 1.81. The minimum Gasteiger partial charge on any atom is -0.308 e. The summed E-state index contributed by atoms with van der Waals surface area (Å²) in [6, 6.07) is 7.53. The van der Waals surface area contributed by atoms with Gasteiger partial charge in [-0.2, -0.15) is 4.31 Å². The summed E-state index contributed by atoms with van der Waals surface area (Å²) < 4.78 is 28.3. The Morgan fingerprint density at radius 1 is 1.31 bits per heavy atom. The molecule has 1 spiro atoms. The Hall–Kier alpha value is -1.32. The van der Waals surface area contributed by atoms with E-state index < -0.39 is 15.6 Å². The number of benzene rings is 1. The van der Waals surface area contributed by atoms with Crippen molar-refractivity contribution in [2.75, 3.05) is 40.3 Å². The second-order valence-corrected chi connectivity index (χ2v) is 10.1. The highest BCUT2D eigenvalue weighted by Crippen LogP contribution is 2.49. The highest BCUT2D eigenvalue weighted by Gasteiger charge is 2.56. The molecule has 3 heterocycles. The summed E-state index contributed by atoms with van der Waals surface area (Å²) in [7, 11) is 0.504. The number of hydrogen-bond acceptors (Lipinski definition) is 6. The fourth-order valence-corrected chi connectivity index (χ4v) is 6.85. The first-order valence-corrected chi connectivity index (χ1v) is 11.1. The molecule has 0 bridgehead atoms. The Kier molecular flexibility index (Phi) is 4.65. The summed E-state index contributed by atoms with van der Waals surface area (Å²) in [5.74, 6) is 0. The Morgan fingerprint density at radius 2 is 2.12 bits per heavy atom. The topological polar surface area (TPSA) is 56.8 Å². The molecular formula is C18H24N4O2S2. The number of fused-ring (bicyclic) bond motifs is 2. The van der Waals surface area contributed by atoms with Crippen LogP contribution in [-0.2, 0) is 22.1 Å². The van der Waals surface area contributed by atoms with E-state index in [0.29, 0.717) is 18.0 Å². The number of likely N-dealkylation sites (N-methyl/N-ethyl adjacent to an activating group) is 1. The van der Waals surface area contributed by atoms with Gasteiger partial charge in [0.25, 0.3) is 0 Å². The molecular weight excluding hydrogens is 368 g/mol. The van der Waals surface area contributed by atoms with Crippen LogP contribution in [0.4, 0.5) is 0 Å². The molecule has 1 fully saturated rings. The van der Waals surface area contributed by atoms with Crippen molar-refractivity contribution in [2.24, 2.45) is 0 Å². The summed E-state index contributed by atoms with van der Waals surface area (Å²) in [5, 5.41) is 3.07. The highest BCUT2D eigenvalue weighted by atomic mass is 32.2. The van der Waals surface area contributed by atoms with E-state index in [1.807, 2.05) is 48.8 Å². The average Bonchev–Trinajstić information content (AvgIpc) is 3.29. The van der Waals surface area contributed by atoms with Gasteiger partial charge in [0, 0.05) is 37.8 Å². The van der Waals surface area contributed by atoms with E-state index in [2.05, 4.69) is 9.88 Å². The second kappa shape index (κ2) is 6.69. The van der Waals surface area contributed by atoms with Gasteiger partial charge < -0.3 is 4.90 Å². The molecule has 0 radical (unpaired) electrons. The lowest BCUT2D eigenvalue weighted by Crippen LogP contribution is -2.48. The predicted molar refractivity (Wildman–Crippen MR) is 103 cm³/mol. The molecule has 1 saturated heterocycles. The maximum atomic E-state index is 13.3. The summed E-state index contributed by atoms with van der Waals surface area (Å²) in [6.07, 6.45) is 2.65. The average molecular weight is 393 g/mol. The summed E-state index contributed by atoms with van der Waals surface area (Å²) in [6.45, 7) is 3.60. The van der Waals surface area contributed by atoms with Gasteiger partial charge in [0.1, 0.15) is 5.01 Å². The Morgan fingerprint density at radius 3 is 2.85 bits per heavy atom.